The normalized spacial score (nSPS) is 33.5. The van der Waals surface area contributed by atoms with E-state index >= 15 is 0 Å². The van der Waals surface area contributed by atoms with Crippen LogP contribution in [0.25, 0.3) is 0 Å². The molecule has 0 aromatic carbocycles. The highest BCUT2D eigenvalue weighted by atomic mass is 32.2. The summed E-state index contributed by atoms with van der Waals surface area (Å²) in [6, 6.07) is 0. The van der Waals surface area contributed by atoms with E-state index in [4.69, 9.17) is 4.98 Å². The molecule has 186 valence electrons. The Morgan fingerprint density at radius 1 is 1.30 bits per heavy atom. The number of thiazole rings is 1. The van der Waals surface area contributed by atoms with Crippen molar-refractivity contribution in [3.05, 3.63) is 15.6 Å². The lowest BCUT2D eigenvalue weighted by Gasteiger charge is -2.53. The monoisotopic (exact) mass is 496 g/mol. The Hall–Kier alpha value is -0.990. The maximum atomic E-state index is 13.1. The van der Waals surface area contributed by atoms with Crippen LogP contribution in [-0.4, -0.2) is 53.3 Å². The number of aliphatic hydroxyl groups excluding tert-OH is 1. The summed E-state index contributed by atoms with van der Waals surface area (Å²) in [5.41, 5.74) is 0.894. The molecule has 33 heavy (non-hydrogen) atoms. The number of aliphatic hydroxyl groups is 1. The van der Waals surface area contributed by atoms with E-state index in [-0.39, 0.29) is 40.7 Å². The summed E-state index contributed by atoms with van der Waals surface area (Å²) in [6.45, 7) is 13.3. The second kappa shape index (κ2) is 8.59. The zero-order valence-corrected chi connectivity index (χ0v) is 22.6. The van der Waals surface area contributed by atoms with Gasteiger partial charge in [0.25, 0.3) is 0 Å². The number of sulfone groups is 1. The Morgan fingerprint density at radius 2 is 1.94 bits per heavy atom. The molecule has 2 heterocycles. The fraction of sp³-hybridized carbons (Fsp3) is 0.840. The van der Waals surface area contributed by atoms with Crippen LogP contribution < -0.4 is 0 Å². The number of nitrogens with zero attached hydrogens (tertiary/aromatic N) is 2. The zero-order chi connectivity index (χ0) is 24.3. The highest BCUT2D eigenvalue weighted by molar-refractivity contribution is 7.92. The average molecular weight is 497 g/mol. The standard InChI is InChI=1S/C25H40N2O4S2/c1-15(23(29)27-11-7-8-12-27)17-9-10-25(6)13-18-21(16(2)20(25)22(17)28)26-19(32-18)14-33(30,31)24(3,4)5/h15-17,20,22,28H,7-14H2,1-6H3/t15-,16+,17+,20+,22-,25+/m0/s1. The molecular weight excluding hydrogens is 456 g/mol. The highest BCUT2D eigenvalue weighted by Gasteiger charge is 2.54. The van der Waals surface area contributed by atoms with Crippen molar-refractivity contribution < 1.29 is 18.3 Å². The van der Waals surface area contributed by atoms with Crippen LogP contribution >= 0.6 is 11.3 Å². The molecule has 0 radical (unpaired) electrons. The Balaban J connectivity index is 1.58. The lowest BCUT2D eigenvalue weighted by molar-refractivity contribution is -0.143. The number of fused-ring (bicyclic) bond motifs is 2. The number of amides is 1. The first-order valence-corrected chi connectivity index (χ1v) is 14.9. The molecule has 1 aliphatic heterocycles. The molecule has 1 saturated heterocycles. The van der Waals surface area contributed by atoms with Gasteiger partial charge < -0.3 is 10.0 Å². The van der Waals surface area contributed by atoms with E-state index in [1.165, 1.54) is 16.2 Å². The predicted molar refractivity (Wildman–Crippen MR) is 132 cm³/mol. The third-order valence-electron chi connectivity index (χ3n) is 8.66. The number of rotatable bonds is 4. The van der Waals surface area contributed by atoms with Crippen molar-refractivity contribution in [1.29, 1.82) is 0 Å². The maximum Gasteiger partial charge on any atom is 0.225 e. The van der Waals surface area contributed by atoms with E-state index in [9.17, 15) is 18.3 Å². The van der Waals surface area contributed by atoms with Crippen molar-refractivity contribution in [2.75, 3.05) is 13.1 Å². The molecule has 6 atom stereocenters. The molecule has 2 aliphatic carbocycles. The molecular formula is C25H40N2O4S2. The molecule has 0 spiro atoms. The minimum Gasteiger partial charge on any atom is -0.392 e. The molecule has 2 fully saturated rings. The second-order valence-electron chi connectivity index (χ2n) is 11.9. The SMILES string of the molecule is C[C@H](C(=O)N1CCCC1)[C@H]1CC[C@]2(C)Cc3sc(CS(=O)(=O)C(C)(C)C)nc3[C@H](C)[C@@H]2[C@H]1O. The lowest BCUT2D eigenvalue weighted by Crippen LogP contribution is -2.53. The van der Waals surface area contributed by atoms with Crippen LogP contribution in [0.3, 0.4) is 0 Å². The number of likely N-dealkylation sites (tertiary alicyclic amines) is 1. The first-order chi connectivity index (χ1) is 15.2. The van der Waals surface area contributed by atoms with E-state index in [0.29, 0.717) is 5.01 Å². The molecule has 3 aliphatic rings. The molecule has 8 heteroatoms. The van der Waals surface area contributed by atoms with Crippen LogP contribution in [0.4, 0.5) is 0 Å². The summed E-state index contributed by atoms with van der Waals surface area (Å²) in [5.74, 6) is -0.0134. The van der Waals surface area contributed by atoms with Crippen LogP contribution in [0.2, 0.25) is 0 Å². The van der Waals surface area contributed by atoms with Crippen LogP contribution in [0.1, 0.15) is 88.7 Å². The Bertz CT molecular complexity index is 1010. The van der Waals surface area contributed by atoms with Crippen molar-refractivity contribution >= 4 is 27.1 Å². The summed E-state index contributed by atoms with van der Waals surface area (Å²) >= 11 is 1.53. The summed E-state index contributed by atoms with van der Waals surface area (Å²) in [7, 11) is -3.30. The predicted octanol–water partition coefficient (Wildman–Crippen LogP) is 4.17. The first-order valence-electron chi connectivity index (χ1n) is 12.4. The lowest BCUT2D eigenvalue weighted by atomic mass is 9.53. The van der Waals surface area contributed by atoms with Crippen LogP contribution in [0.5, 0.6) is 0 Å². The summed E-state index contributed by atoms with van der Waals surface area (Å²) in [4.78, 5) is 21.0. The van der Waals surface area contributed by atoms with Gasteiger partial charge in [0.15, 0.2) is 9.84 Å². The van der Waals surface area contributed by atoms with Gasteiger partial charge in [-0.2, -0.15) is 0 Å². The van der Waals surface area contributed by atoms with Gasteiger partial charge in [-0.25, -0.2) is 13.4 Å². The van der Waals surface area contributed by atoms with Crippen molar-refractivity contribution in [2.24, 2.45) is 23.2 Å². The quantitative estimate of drug-likeness (QED) is 0.676. The molecule has 1 amide bonds. The topological polar surface area (TPSA) is 87.6 Å². The van der Waals surface area contributed by atoms with Gasteiger partial charge in [-0.3, -0.25) is 4.79 Å². The third kappa shape index (κ3) is 4.40. The van der Waals surface area contributed by atoms with E-state index < -0.39 is 20.7 Å². The van der Waals surface area contributed by atoms with Crippen molar-refractivity contribution in [2.45, 2.75) is 96.2 Å². The van der Waals surface area contributed by atoms with Crippen molar-refractivity contribution in [1.82, 2.24) is 9.88 Å². The molecule has 1 aromatic rings. The summed E-state index contributed by atoms with van der Waals surface area (Å²) < 4.78 is 24.7. The van der Waals surface area contributed by atoms with E-state index in [2.05, 4.69) is 13.8 Å². The van der Waals surface area contributed by atoms with Crippen LogP contribution in [0, 0.1) is 23.2 Å². The van der Waals surface area contributed by atoms with Gasteiger partial charge in [-0.05, 0) is 70.1 Å². The highest BCUT2D eigenvalue weighted by Crippen LogP contribution is 2.57. The first kappa shape index (κ1) is 25.1. The fourth-order valence-corrected chi connectivity index (χ4v) is 9.14. The van der Waals surface area contributed by atoms with Gasteiger partial charge in [0.05, 0.1) is 16.5 Å². The van der Waals surface area contributed by atoms with Gasteiger partial charge in [-0.15, -0.1) is 11.3 Å². The van der Waals surface area contributed by atoms with Gasteiger partial charge >= 0.3 is 0 Å². The largest absolute Gasteiger partial charge is 0.392 e. The minimum absolute atomic E-state index is 0.0201. The van der Waals surface area contributed by atoms with Gasteiger partial charge in [0.2, 0.25) is 5.91 Å². The van der Waals surface area contributed by atoms with Crippen molar-refractivity contribution in [3.8, 4) is 0 Å². The van der Waals surface area contributed by atoms with Gasteiger partial charge in [0.1, 0.15) is 10.8 Å². The van der Waals surface area contributed by atoms with Crippen LogP contribution in [-0.2, 0) is 26.8 Å². The number of hydrogen-bond acceptors (Lipinski definition) is 6. The van der Waals surface area contributed by atoms with E-state index in [1.54, 1.807) is 20.8 Å². The number of hydrogen-bond donors (Lipinski definition) is 1. The van der Waals surface area contributed by atoms with E-state index in [0.717, 1.165) is 50.9 Å². The van der Waals surface area contributed by atoms with Gasteiger partial charge in [-0.1, -0.05) is 20.8 Å². The second-order valence-corrected chi connectivity index (χ2v) is 15.9. The molecule has 1 saturated carbocycles. The van der Waals surface area contributed by atoms with Crippen molar-refractivity contribution in [3.63, 3.8) is 0 Å². The third-order valence-corrected chi connectivity index (χ3v) is 12.4. The van der Waals surface area contributed by atoms with E-state index in [1.807, 2.05) is 11.8 Å². The maximum absolute atomic E-state index is 13.1. The molecule has 6 nitrogen and oxygen atoms in total. The summed E-state index contributed by atoms with van der Waals surface area (Å²) in [6.07, 6.45) is 4.22. The smallest absolute Gasteiger partial charge is 0.225 e. The Kier molecular flexibility index (Phi) is 6.54. The molecule has 1 N–H and O–H groups in total. The fourth-order valence-electron chi connectivity index (χ4n) is 6.45. The zero-order valence-electron chi connectivity index (χ0n) is 20.9. The van der Waals surface area contributed by atoms with Crippen LogP contribution in [0.15, 0.2) is 0 Å². The van der Waals surface area contributed by atoms with Gasteiger partial charge in [0, 0.05) is 29.8 Å². The average Bonchev–Trinajstić information content (AvgIpc) is 3.35. The molecule has 4 rings (SSSR count). The number of aromatic nitrogens is 1. The summed E-state index contributed by atoms with van der Waals surface area (Å²) in [5, 5.41) is 12.3. The molecule has 1 aromatic heterocycles. The molecule has 0 bridgehead atoms. The Morgan fingerprint density at radius 3 is 2.55 bits per heavy atom. The number of carbonyl (C=O) groups is 1. The molecule has 0 unspecified atom stereocenters. The Labute approximate surface area is 203 Å². The minimum atomic E-state index is -3.30. The number of carbonyl (C=O) groups excluding carboxylic acids is 1.